The second kappa shape index (κ2) is 7.96. The summed E-state index contributed by atoms with van der Waals surface area (Å²) in [6, 6.07) is 9.11. The maximum absolute atomic E-state index is 8.89. The van der Waals surface area contributed by atoms with Gasteiger partial charge in [-0.2, -0.15) is 0 Å². The van der Waals surface area contributed by atoms with Crippen LogP contribution in [-0.2, 0) is 4.74 Å². The second-order valence-electron chi connectivity index (χ2n) is 5.74. The van der Waals surface area contributed by atoms with Crippen LogP contribution in [0.5, 0.6) is 5.75 Å². The van der Waals surface area contributed by atoms with Gasteiger partial charge in [-0.15, -0.1) is 0 Å². The van der Waals surface area contributed by atoms with E-state index in [1.54, 1.807) is 24.4 Å². The Kier molecular flexibility index (Phi) is 5.47. The van der Waals surface area contributed by atoms with Crippen LogP contribution < -0.4 is 20.8 Å². The first-order chi connectivity index (χ1) is 12.2. The van der Waals surface area contributed by atoms with E-state index in [1.807, 2.05) is 12.1 Å². The van der Waals surface area contributed by atoms with Crippen molar-refractivity contribution in [1.82, 2.24) is 4.98 Å². The highest BCUT2D eigenvalue weighted by atomic mass is 16.5. The zero-order valence-corrected chi connectivity index (χ0v) is 14.0. The highest BCUT2D eigenvalue weighted by Crippen LogP contribution is 2.23. The molecule has 132 valence electrons. The number of nitrogen functional groups attached to an aromatic ring is 1. The number of benzene rings is 1. The van der Waals surface area contributed by atoms with Crippen molar-refractivity contribution in [3.05, 3.63) is 47.7 Å². The van der Waals surface area contributed by atoms with Crippen molar-refractivity contribution >= 4 is 17.2 Å². The van der Waals surface area contributed by atoms with Crippen LogP contribution in [-0.4, -0.2) is 55.3 Å². The number of nitrogens with two attached hydrogens (primary N) is 2. The largest absolute Gasteiger partial charge is 0.491 e. The van der Waals surface area contributed by atoms with Gasteiger partial charge >= 0.3 is 0 Å². The lowest BCUT2D eigenvalue weighted by molar-refractivity contribution is -0.111. The second-order valence-corrected chi connectivity index (χ2v) is 5.74. The van der Waals surface area contributed by atoms with E-state index in [0.29, 0.717) is 35.9 Å². The molecule has 0 atom stereocenters. The number of rotatable bonds is 6. The van der Waals surface area contributed by atoms with Crippen LogP contribution in [0.3, 0.4) is 0 Å². The Morgan fingerprint density at radius 1 is 1.28 bits per heavy atom. The van der Waals surface area contributed by atoms with Gasteiger partial charge in [0.25, 0.3) is 0 Å². The molecule has 7 heteroatoms. The first-order valence-electron chi connectivity index (χ1n) is 8.24. The summed E-state index contributed by atoms with van der Waals surface area (Å²) in [5, 5.41) is 15.3. The van der Waals surface area contributed by atoms with Gasteiger partial charge in [0, 0.05) is 25.0 Å². The lowest BCUT2D eigenvalue weighted by Crippen LogP contribution is -2.42. The average Bonchev–Trinajstić information content (AvgIpc) is 2.67. The Labute approximate surface area is 146 Å². The molecule has 1 aromatic heterocycles. The van der Waals surface area contributed by atoms with E-state index in [0.717, 1.165) is 24.5 Å². The maximum atomic E-state index is 8.89. The van der Waals surface area contributed by atoms with Crippen molar-refractivity contribution in [2.75, 3.05) is 50.2 Å². The van der Waals surface area contributed by atoms with Crippen LogP contribution in [0.1, 0.15) is 11.1 Å². The van der Waals surface area contributed by atoms with E-state index in [-0.39, 0.29) is 13.2 Å². The molecule has 1 aliphatic heterocycles. The van der Waals surface area contributed by atoms with Gasteiger partial charge in [0.2, 0.25) is 5.71 Å². The van der Waals surface area contributed by atoms with Crippen LogP contribution >= 0.6 is 0 Å². The van der Waals surface area contributed by atoms with Crippen molar-refractivity contribution in [2.45, 2.75) is 0 Å². The SMILES string of the molecule is Nc1ccc(OCCO)cc1C(=[NH2+])c1ccnc(N2CCOCC2)c1. The third kappa shape index (κ3) is 4.07. The number of pyridine rings is 1. The van der Waals surface area contributed by atoms with Crippen LogP contribution in [0, 0.1) is 0 Å². The lowest BCUT2D eigenvalue weighted by Gasteiger charge is -2.27. The van der Waals surface area contributed by atoms with E-state index >= 15 is 0 Å². The molecule has 0 unspecified atom stereocenters. The fourth-order valence-electron chi connectivity index (χ4n) is 2.73. The third-order valence-corrected chi connectivity index (χ3v) is 4.07. The molecule has 25 heavy (non-hydrogen) atoms. The Morgan fingerprint density at radius 2 is 2.08 bits per heavy atom. The first-order valence-corrected chi connectivity index (χ1v) is 8.24. The Morgan fingerprint density at radius 3 is 2.84 bits per heavy atom. The molecule has 3 rings (SSSR count). The van der Waals surface area contributed by atoms with Gasteiger partial charge in [0.1, 0.15) is 18.2 Å². The summed E-state index contributed by atoms with van der Waals surface area (Å²) in [5.74, 6) is 1.48. The van der Waals surface area contributed by atoms with Crippen LogP contribution in [0.4, 0.5) is 11.5 Å². The zero-order chi connectivity index (χ0) is 17.6. The van der Waals surface area contributed by atoms with Crippen LogP contribution in [0.15, 0.2) is 36.5 Å². The fourth-order valence-corrected chi connectivity index (χ4v) is 2.73. The number of aliphatic hydroxyl groups excluding tert-OH is 1. The fraction of sp³-hybridized carbons (Fsp3) is 0.333. The first kappa shape index (κ1) is 17.2. The number of nitrogens with zero attached hydrogens (tertiary/aromatic N) is 2. The minimum Gasteiger partial charge on any atom is -0.491 e. The van der Waals surface area contributed by atoms with E-state index in [1.165, 1.54) is 0 Å². The van der Waals surface area contributed by atoms with Crippen molar-refractivity contribution < 1.29 is 20.0 Å². The molecule has 1 aliphatic rings. The Balaban J connectivity index is 1.85. The standard InChI is InChI=1S/C18H22N4O3/c19-16-2-1-14(25-10-7-23)12-15(16)18(20)13-3-4-21-17(11-13)22-5-8-24-9-6-22/h1-4,11-12,20,23H,5-10,19H2/p+1. The molecule has 0 amide bonds. The molecule has 1 saturated heterocycles. The molecule has 0 bridgehead atoms. The molecule has 2 heterocycles. The van der Waals surface area contributed by atoms with Gasteiger partial charge in [0.15, 0.2) is 0 Å². The van der Waals surface area contributed by atoms with Gasteiger partial charge in [-0.1, -0.05) is 0 Å². The number of hydrogen-bond donors (Lipinski definition) is 3. The average molecular weight is 343 g/mol. The zero-order valence-electron chi connectivity index (χ0n) is 14.0. The quantitative estimate of drug-likeness (QED) is 0.481. The molecule has 1 aromatic carbocycles. The number of ether oxygens (including phenoxy) is 2. The minimum atomic E-state index is -0.0494. The molecule has 2 aromatic rings. The topological polar surface area (TPSA) is 106 Å². The Bertz CT molecular complexity index is 745. The van der Waals surface area contributed by atoms with E-state index < -0.39 is 0 Å². The van der Waals surface area contributed by atoms with Gasteiger partial charge in [-0.05, 0) is 30.3 Å². The smallest absolute Gasteiger partial charge is 0.213 e. The number of aliphatic hydroxyl groups is 1. The van der Waals surface area contributed by atoms with Crippen LogP contribution in [0.2, 0.25) is 0 Å². The normalized spacial score (nSPS) is 14.4. The summed E-state index contributed by atoms with van der Waals surface area (Å²) < 4.78 is 10.8. The van der Waals surface area contributed by atoms with Gasteiger partial charge in [0.05, 0.1) is 30.9 Å². The van der Waals surface area contributed by atoms with Crippen molar-refractivity contribution in [3.8, 4) is 5.75 Å². The molecule has 0 saturated carbocycles. The van der Waals surface area contributed by atoms with Crippen molar-refractivity contribution in [1.29, 1.82) is 0 Å². The van der Waals surface area contributed by atoms with Gasteiger partial charge in [-0.25, -0.2) is 4.98 Å². The molecule has 0 radical (unpaired) electrons. The summed E-state index contributed by atoms with van der Waals surface area (Å²) in [5.41, 5.74) is 8.77. The highest BCUT2D eigenvalue weighted by molar-refractivity contribution is 6.12. The summed E-state index contributed by atoms with van der Waals surface area (Å²) in [7, 11) is 0. The number of hydrogen-bond acceptors (Lipinski definition) is 6. The minimum absolute atomic E-state index is 0.0494. The predicted octanol–water partition coefficient (Wildman–Crippen LogP) is -0.532. The summed E-state index contributed by atoms with van der Waals surface area (Å²) >= 11 is 0. The van der Waals surface area contributed by atoms with E-state index in [9.17, 15) is 0 Å². The Hall–Kier alpha value is -2.64. The van der Waals surface area contributed by atoms with Gasteiger partial charge in [-0.3, -0.25) is 5.41 Å². The summed E-state index contributed by atoms with van der Waals surface area (Å²) in [4.78, 5) is 6.61. The monoisotopic (exact) mass is 343 g/mol. The summed E-state index contributed by atoms with van der Waals surface area (Å²) in [6.07, 6.45) is 1.75. The lowest BCUT2D eigenvalue weighted by atomic mass is 10.0. The third-order valence-electron chi connectivity index (χ3n) is 4.07. The summed E-state index contributed by atoms with van der Waals surface area (Å²) in [6.45, 7) is 3.18. The predicted molar refractivity (Wildman–Crippen MR) is 95.8 cm³/mol. The molecule has 0 aliphatic carbocycles. The molecule has 1 fully saturated rings. The maximum Gasteiger partial charge on any atom is 0.213 e. The molecule has 0 spiro atoms. The molecule has 5 N–H and O–H groups in total. The van der Waals surface area contributed by atoms with Crippen LogP contribution in [0.25, 0.3) is 0 Å². The van der Waals surface area contributed by atoms with Gasteiger partial charge < -0.3 is 25.2 Å². The molecular weight excluding hydrogens is 320 g/mol. The molecule has 7 nitrogen and oxygen atoms in total. The number of aromatic nitrogens is 1. The van der Waals surface area contributed by atoms with Crippen molar-refractivity contribution in [3.63, 3.8) is 0 Å². The highest BCUT2D eigenvalue weighted by Gasteiger charge is 2.18. The van der Waals surface area contributed by atoms with E-state index in [4.69, 9.17) is 25.7 Å². The van der Waals surface area contributed by atoms with E-state index in [2.05, 4.69) is 9.88 Å². The molecular formula is C18H23N4O3+. The number of anilines is 2. The number of morpholine rings is 1. The van der Waals surface area contributed by atoms with Crippen molar-refractivity contribution in [2.24, 2.45) is 0 Å².